The van der Waals surface area contributed by atoms with Crippen LogP contribution in [0, 0.1) is 0 Å². The highest BCUT2D eigenvalue weighted by Crippen LogP contribution is 2.43. The third kappa shape index (κ3) is 2.18. The van der Waals surface area contributed by atoms with Gasteiger partial charge < -0.3 is 9.84 Å². The first kappa shape index (κ1) is 15.8. The number of methoxy groups -OCH3 is 1. The molecule has 0 saturated heterocycles. The van der Waals surface area contributed by atoms with Crippen molar-refractivity contribution in [2.75, 3.05) is 7.11 Å². The van der Waals surface area contributed by atoms with Crippen molar-refractivity contribution < 1.29 is 14.6 Å². The molecule has 1 aliphatic heterocycles. The molecule has 0 saturated carbocycles. The largest absolute Gasteiger partial charge is 0.469 e. The molecule has 0 amide bonds. The second-order valence-electron chi connectivity index (χ2n) is 5.87. The number of ether oxygens (including phenoxy) is 1. The van der Waals surface area contributed by atoms with Crippen LogP contribution >= 0.6 is 11.6 Å². The molecule has 7 heteroatoms. The summed E-state index contributed by atoms with van der Waals surface area (Å²) < 4.78 is 6.04. The van der Waals surface area contributed by atoms with Gasteiger partial charge in [0.25, 0.3) is 5.56 Å². The fourth-order valence-corrected chi connectivity index (χ4v) is 3.42. The van der Waals surface area contributed by atoms with E-state index in [2.05, 4.69) is 4.98 Å². The maximum Gasteiger partial charge on any atom is 0.309 e. The Hall–Kier alpha value is -2.70. The lowest BCUT2D eigenvalue weighted by Crippen LogP contribution is -2.32. The fraction of sp³-hybridized carbons (Fsp3) is 0.167. The van der Waals surface area contributed by atoms with Crippen LogP contribution in [0.3, 0.4) is 0 Å². The summed E-state index contributed by atoms with van der Waals surface area (Å²) >= 11 is 6.07. The average molecular weight is 357 g/mol. The van der Waals surface area contributed by atoms with Crippen LogP contribution in [0.25, 0.3) is 16.6 Å². The van der Waals surface area contributed by atoms with E-state index < -0.39 is 11.6 Å². The molecule has 1 aromatic heterocycles. The molecule has 25 heavy (non-hydrogen) atoms. The molecule has 0 radical (unpaired) electrons. The van der Waals surface area contributed by atoms with E-state index in [-0.39, 0.29) is 17.8 Å². The Balaban J connectivity index is 2.11. The number of aromatic nitrogens is 2. The van der Waals surface area contributed by atoms with Crippen molar-refractivity contribution in [2.24, 2.45) is 0 Å². The molecule has 2 heterocycles. The van der Waals surface area contributed by atoms with Crippen LogP contribution in [0.1, 0.15) is 17.8 Å². The number of carbonyl (C=O) groups is 1. The number of hydrogen-bond acceptors (Lipinski definition) is 5. The van der Waals surface area contributed by atoms with Gasteiger partial charge in [-0.2, -0.15) is 0 Å². The fourth-order valence-electron chi connectivity index (χ4n) is 3.24. The van der Waals surface area contributed by atoms with Crippen molar-refractivity contribution in [3.63, 3.8) is 0 Å². The second-order valence-corrected chi connectivity index (χ2v) is 6.30. The lowest BCUT2D eigenvalue weighted by atomic mass is 9.91. The number of carbonyl (C=O) groups excluding carboxylic acids is 1. The van der Waals surface area contributed by atoms with Gasteiger partial charge in [-0.15, -0.1) is 0 Å². The first-order valence-electron chi connectivity index (χ1n) is 7.57. The summed E-state index contributed by atoms with van der Waals surface area (Å²) in [4.78, 5) is 29.3. The summed E-state index contributed by atoms with van der Waals surface area (Å²) in [5.74, 6) is -0.539. The smallest absolute Gasteiger partial charge is 0.309 e. The van der Waals surface area contributed by atoms with E-state index in [1.807, 2.05) is 0 Å². The first-order chi connectivity index (χ1) is 12.0. The van der Waals surface area contributed by atoms with Crippen LogP contribution < -0.4 is 5.56 Å². The van der Waals surface area contributed by atoms with Crippen molar-refractivity contribution in [3.05, 3.63) is 69.2 Å². The summed E-state index contributed by atoms with van der Waals surface area (Å²) in [5, 5.41) is 12.1. The van der Waals surface area contributed by atoms with Gasteiger partial charge in [-0.05, 0) is 30.3 Å². The number of esters is 1. The van der Waals surface area contributed by atoms with E-state index in [9.17, 15) is 14.7 Å². The number of hydrogen-bond donors (Lipinski definition) is 1. The minimum Gasteiger partial charge on any atom is -0.469 e. The van der Waals surface area contributed by atoms with Gasteiger partial charge in [0.2, 0.25) is 0 Å². The number of aliphatic hydroxyl groups is 1. The zero-order chi connectivity index (χ0) is 17.8. The lowest BCUT2D eigenvalue weighted by Gasteiger charge is -2.22. The lowest BCUT2D eigenvalue weighted by molar-refractivity contribution is -0.145. The predicted octanol–water partition coefficient (Wildman–Crippen LogP) is 2.15. The van der Waals surface area contributed by atoms with Crippen LogP contribution in [0.15, 0.2) is 47.3 Å². The Bertz CT molecular complexity index is 1090. The molecule has 0 bridgehead atoms. The first-order valence-corrected chi connectivity index (χ1v) is 7.95. The van der Waals surface area contributed by atoms with E-state index in [0.717, 1.165) is 0 Å². The summed E-state index contributed by atoms with van der Waals surface area (Å²) in [6.07, 6.45) is -0.373. The van der Waals surface area contributed by atoms with E-state index in [4.69, 9.17) is 16.3 Å². The number of benzene rings is 2. The molecule has 2 aromatic carbocycles. The quantitative estimate of drug-likeness (QED) is 0.711. The van der Waals surface area contributed by atoms with Gasteiger partial charge in [0.05, 0.1) is 30.1 Å². The van der Waals surface area contributed by atoms with Gasteiger partial charge in [0.1, 0.15) is 0 Å². The van der Waals surface area contributed by atoms with Crippen molar-refractivity contribution in [1.82, 2.24) is 9.55 Å². The SMILES string of the molecule is COC(=O)CC1(O)c2cc(Cl)ccc2-n2c1nc1ccccc1c2=O. The monoisotopic (exact) mass is 356 g/mol. The molecule has 6 nitrogen and oxygen atoms in total. The molecule has 1 atom stereocenters. The summed E-state index contributed by atoms with van der Waals surface area (Å²) in [6.45, 7) is 0. The van der Waals surface area contributed by atoms with E-state index in [1.165, 1.54) is 11.7 Å². The zero-order valence-corrected chi connectivity index (χ0v) is 13.9. The van der Waals surface area contributed by atoms with Crippen LogP contribution in [0.5, 0.6) is 0 Å². The Morgan fingerprint density at radius 3 is 2.84 bits per heavy atom. The van der Waals surface area contributed by atoms with Crippen molar-refractivity contribution in [3.8, 4) is 5.69 Å². The third-order valence-electron chi connectivity index (χ3n) is 4.42. The van der Waals surface area contributed by atoms with Gasteiger partial charge in [-0.3, -0.25) is 14.2 Å². The number of halogens is 1. The molecule has 0 spiro atoms. The van der Waals surface area contributed by atoms with Crippen molar-refractivity contribution >= 4 is 28.5 Å². The topological polar surface area (TPSA) is 81.4 Å². The minimum atomic E-state index is -1.80. The highest BCUT2D eigenvalue weighted by Gasteiger charge is 2.46. The Morgan fingerprint density at radius 2 is 2.08 bits per heavy atom. The zero-order valence-electron chi connectivity index (χ0n) is 13.2. The molecule has 0 fully saturated rings. The summed E-state index contributed by atoms with van der Waals surface area (Å²) in [6, 6.07) is 11.7. The maximum absolute atomic E-state index is 13.0. The van der Waals surface area contributed by atoms with Gasteiger partial charge in [-0.25, -0.2) is 4.98 Å². The molecular formula is C18H13ClN2O4. The van der Waals surface area contributed by atoms with Crippen molar-refractivity contribution in [1.29, 1.82) is 0 Å². The molecule has 3 aromatic rings. The molecule has 0 aliphatic carbocycles. The summed E-state index contributed by atoms with van der Waals surface area (Å²) in [5.41, 5.74) is -0.860. The Kier molecular flexibility index (Phi) is 3.42. The van der Waals surface area contributed by atoms with E-state index in [1.54, 1.807) is 42.5 Å². The molecule has 4 rings (SSSR count). The Labute approximate surface area is 147 Å². The maximum atomic E-state index is 13.0. The predicted molar refractivity (Wildman–Crippen MR) is 92.0 cm³/mol. The second kappa shape index (κ2) is 5.40. The highest BCUT2D eigenvalue weighted by atomic mass is 35.5. The Morgan fingerprint density at radius 1 is 1.32 bits per heavy atom. The van der Waals surface area contributed by atoms with Gasteiger partial charge in [0.15, 0.2) is 11.4 Å². The number of fused-ring (bicyclic) bond motifs is 4. The molecular weight excluding hydrogens is 344 g/mol. The molecule has 1 unspecified atom stereocenters. The van der Waals surface area contributed by atoms with Crippen LogP contribution in [0.2, 0.25) is 5.02 Å². The highest BCUT2D eigenvalue weighted by molar-refractivity contribution is 6.30. The van der Waals surface area contributed by atoms with E-state index >= 15 is 0 Å². The summed E-state index contributed by atoms with van der Waals surface area (Å²) in [7, 11) is 1.24. The minimum absolute atomic E-state index is 0.0823. The standard InChI is InChI=1S/C18H13ClN2O4/c1-25-15(22)9-18(24)12-8-10(19)6-7-14(12)21-16(23)11-4-2-3-5-13(11)20-17(18)21/h2-8,24H,9H2,1H3. The number of rotatable bonds is 2. The van der Waals surface area contributed by atoms with Gasteiger partial charge in [0, 0.05) is 10.6 Å². The number of nitrogens with zero attached hydrogens (tertiary/aromatic N) is 2. The van der Waals surface area contributed by atoms with Crippen LogP contribution in [0.4, 0.5) is 0 Å². The average Bonchev–Trinajstić information content (AvgIpc) is 2.84. The number of para-hydroxylation sites is 1. The van der Waals surface area contributed by atoms with Crippen LogP contribution in [-0.4, -0.2) is 27.7 Å². The molecule has 1 aliphatic rings. The van der Waals surface area contributed by atoms with Crippen LogP contribution in [-0.2, 0) is 15.1 Å². The normalized spacial score (nSPS) is 18.0. The van der Waals surface area contributed by atoms with Crippen molar-refractivity contribution in [2.45, 2.75) is 12.0 Å². The van der Waals surface area contributed by atoms with Gasteiger partial charge >= 0.3 is 5.97 Å². The molecule has 1 N–H and O–H groups in total. The molecule has 126 valence electrons. The van der Waals surface area contributed by atoms with Gasteiger partial charge in [-0.1, -0.05) is 23.7 Å². The van der Waals surface area contributed by atoms with E-state index in [0.29, 0.717) is 27.2 Å². The third-order valence-corrected chi connectivity index (χ3v) is 4.65.